The molecular weight excluding hydrogens is 464 g/mol. The fourth-order valence-electron chi connectivity index (χ4n) is 5.26. The van der Waals surface area contributed by atoms with Crippen LogP contribution in [0.15, 0.2) is 30.5 Å². The molecule has 2 aliphatic carbocycles. The number of carbonyl (C=O) groups is 1. The van der Waals surface area contributed by atoms with E-state index in [1.54, 1.807) is 6.20 Å². The van der Waals surface area contributed by atoms with Crippen LogP contribution in [0.1, 0.15) is 85.1 Å². The molecule has 5 N–H and O–H groups in total. The van der Waals surface area contributed by atoms with Crippen molar-refractivity contribution in [1.29, 1.82) is 0 Å². The number of carbonyl (C=O) groups excluding carboxylic acids is 1. The predicted octanol–water partition coefficient (Wildman–Crippen LogP) is 4.61. The number of nitrogens with zero attached hydrogens (tertiary/aromatic N) is 2. The van der Waals surface area contributed by atoms with Gasteiger partial charge in [-0.1, -0.05) is 31.4 Å². The Morgan fingerprint density at radius 3 is 2.46 bits per heavy atom. The molecule has 1 amide bonds. The van der Waals surface area contributed by atoms with Gasteiger partial charge in [0, 0.05) is 55.2 Å². The lowest BCUT2D eigenvalue weighted by molar-refractivity contribution is 0.0699. The van der Waals surface area contributed by atoms with Crippen molar-refractivity contribution < 1.29 is 9.53 Å². The van der Waals surface area contributed by atoms with E-state index in [1.165, 1.54) is 19.3 Å². The number of amides is 1. The van der Waals surface area contributed by atoms with Gasteiger partial charge in [-0.2, -0.15) is 0 Å². The third kappa shape index (κ3) is 6.80. The van der Waals surface area contributed by atoms with Crippen molar-refractivity contribution in [3.8, 4) is 0 Å². The molecule has 1 aromatic carbocycles. The maximum absolute atomic E-state index is 12.6. The van der Waals surface area contributed by atoms with Crippen LogP contribution in [0.25, 0.3) is 5.57 Å². The number of hydrogen-bond donors (Lipinski definition) is 4. The number of hydrogen-bond acceptors (Lipinski definition) is 7. The number of benzene rings is 1. The quantitative estimate of drug-likeness (QED) is 0.394. The van der Waals surface area contributed by atoms with E-state index in [2.05, 4.69) is 16.0 Å². The van der Waals surface area contributed by atoms with Crippen LogP contribution >= 0.6 is 0 Å². The minimum absolute atomic E-state index is 0.0145. The van der Waals surface area contributed by atoms with Crippen LogP contribution in [-0.4, -0.2) is 47.7 Å². The smallest absolute Gasteiger partial charge is 0.251 e. The van der Waals surface area contributed by atoms with Gasteiger partial charge in [0.15, 0.2) is 5.82 Å². The Labute approximate surface area is 219 Å². The molecule has 2 heterocycles. The van der Waals surface area contributed by atoms with E-state index in [1.807, 2.05) is 31.2 Å². The van der Waals surface area contributed by atoms with E-state index < -0.39 is 0 Å². The molecule has 3 aliphatic rings. The highest BCUT2D eigenvalue weighted by atomic mass is 16.5. The van der Waals surface area contributed by atoms with Crippen molar-refractivity contribution in [3.63, 3.8) is 0 Å². The van der Waals surface area contributed by atoms with E-state index in [0.29, 0.717) is 29.4 Å². The van der Waals surface area contributed by atoms with Gasteiger partial charge in [0.1, 0.15) is 11.6 Å². The maximum Gasteiger partial charge on any atom is 0.251 e. The van der Waals surface area contributed by atoms with Crippen LogP contribution < -0.4 is 21.7 Å². The maximum atomic E-state index is 12.6. The molecule has 1 saturated heterocycles. The van der Waals surface area contributed by atoms with Crippen LogP contribution in [0.2, 0.25) is 0 Å². The highest BCUT2D eigenvalue weighted by molar-refractivity contribution is 5.96. The Morgan fingerprint density at radius 1 is 1.00 bits per heavy atom. The Hall–Kier alpha value is -3.13. The largest absolute Gasteiger partial charge is 0.404 e. The number of nitrogens with two attached hydrogens (primary N) is 1. The summed E-state index contributed by atoms with van der Waals surface area (Å²) in [7, 11) is 0. The molecule has 2 saturated carbocycles. The lowest BCUT2D eigenvalue weighted by Crippen LogP contribution is -2.26. The number of rotatable bonds is 9. The zero-order valence-corrected chi connectivity index (χ0v) is 21.9. The number of anilines is 2. The number of ether oxygens (including phenoxy) is 1. The molecule has 0 radical (unpaired) electrons. The van der Waals surface area contributed by atoms with Gasteiger partial charge >= 0.3 is 0 Å². The van der Waals surface area contributed by atoms with E-state index in [4.69, 9.17) is 20.4 Å². The van der Waals surface area contributed by atoms with Gasteiger partial charge in [-0.05, 0) is 68.6 Å². The molecule has 1 aromatic heterocycles. The number of aryl methyl sites for hydroxylation is 1. The molecule has 8 nitrogen and oxygen atoms in total. The van der Waals surface area contributed by atoms with Crippen molar-refractivity contribution in [2.75, 3.05) is 30.4 Å². The minimum atomic E-state index is -0.0145. The molecule has 0 spiro atoms. The molecular formula is C29H40N6O2. The second-order valence-corrected chi connectivity index (χ2v) is 10.7. The Bertz CT molecular complexity index is 1120. The van der Waals surface area contributed by atoms with Gasteiger partial charge in [0.2, 0.25) is 0 Å². The summed E-state index contributed by atoms with van der Waals surface area (Å²) in [4.78, 5) is 22.4. The Morgan fingerprint density at radius 2 is 1.76 bits per heavy atom. The third-order valence-electron chi connectivity index (χ3n) is 7.70. The van der Waals surface area contributed by atoms with Crippen molar-refractivity contribution in [1.82, 2.24) is 15.3 Å². The molecule has 0 unspecified atom stereocenters. The molecule has 5 rings (SSSR count). The summed E-state index contributed by atoms with van der Waals surface area (Å²) >= 11 is 0. The van der Waals surface area contributed by atoms with Gasteiger partial charge in [-0.3, -0.25) is 4.79 Å². The Kier molecular flexibility index (Phi) is 8.24. The lowest BCUT2D eigenvalue weighted by atomic mass is 9.95. The summed E-state index contributed by atoms with van der Waals surface area (Å²) in [6.45, 7) is 4.46. The van der Waals surface area contributed by atoms with E-state index in [9.17, 15) is 4.79 Å². The van der Waals surface area contributed by atoms with Crippen LogP contribution in [0.4, 0.5) is 11.6 Å². The van der Waals surface area contributed by atoms with Crippen LogP contribution in [0, 0.1) is 12.8 Å². The Balaban J connectivity index is 1.39. The van der Waals surface area contributed by atoms with Crippen LogP contribution in [-0.2, 0) is 4.74 Å². The van der Waals surface area contributed by atoms with Crippen molar-refractivity contribution in [3.05, 3.63) is 53.0 Å². The first-order chi connectivity index (χ1) is 18.1. The molecule has 1 aliphatic heterocycles. The molecule has 37 heavy (non-hydrogen) atoms. The van der Waals surface area contributed by atoms with Gasteiger partial charge < -0.3 is 26.4 Å². The van der Waals surface area contributed by atoms with Gasteiger partial charge in [-0.25, -0.2) is 9.97 Å². The molecule has 2 aromatic rings. The average Bonchev–Trinajstić information content (AvgIpc) is 3.73. The summed E-state index contributed by atoms with van der Waals surface area (Å²) < 4.78 is 5.51. The van der Waals surface area contributed by atoms with Crippen molar-refractivity contribution in [2.24, 2.45) is 11.7 Å². The number of nitrogens with one attached hydrogen (secondary N) is 3. The van der Waals surface area contributed by atoms with Crippen molar-refractivity contribution >= 4 is 23.1 Å². The van der Waals surface area contributed by atoms with E-state index in [-0.39, 0.29) is 5.91 Å². The first-order valence-electron chi connectivity index (χ1n) is 13.9. The third-order valence-corrected chi connectivity index (χ3v) is 7.70. The second kappa shape index (κ2) is 11.9. The highest BCUT2D eigenvalue weighted by Gasteiger charge is 2.25. The summed E-state index contributed by atoms with van der Waals surface area (Å²) in [6.07, 6.45) is 11.9. The average molecular weight is 505 g/mol. The topological polar surface area (TPSA) is 114 Å². The minimum Gasteiger partial charge on any atom is -0.404 e. The molecule has 8 heteroatoms. The predicted molar refractivity (Wildman–Crippen MR) is 147 cm³/mol. The van der Waals surface area contributed by atoms with Crippen LogP contribution in [0.3, 0.4) is 0 Å². The monoisotopic (exact) mass is 504 g/mol. The SMILES string of the molecule is Cc1cc(C(=CN)c2nc(NCC3CCOCC3)cc(NC3CCCCC3)n2)ccc1C(=O)NC1CC1. The fourth-order valence-corrected chi connectivity index (χ4v) is 5.26. The van der Waals surface area contributed by atoms with Gasteiger partial charge in [0.25, 0.3) is 5.91 Å². The summed E-state index contributed by atoms with van der Waals surface area (Å²) in [5.41, 5.74) is 9.40. The first kappa shape index (κ1) is 25.5. The standard InChI is InChI=1S/C29H40N6O2/c1-19-15-21(7-10-24(19)29(36)33-23-8-9-23)25(17-30)28-34-26(31-18-20-11-13-37-14-12-20)16-27(35-28)32-22-5-3-2-4-6-22/h7,10,15-17,20,22-23H,2-6,8-9,11-14,18,30H2,1H3,(H,33,36)(H2,31,32,34,35). The van der Waals surface area contributed by atoms with Crippen molar-refractivity contribution in [2.45, 2.75) is 76.8 Å². The summed E-state index contributed by atoms with van der Waals surface area (Å²) in [5, 5.41) is 10.3. The number of aromatic nitrogens is 2. The highest BCUT2D eigenvalue weighted by Crippen LogP contribution is 2.28. The molecule has 198 valence electrons. The second-order valence-electron chi connectivity index (χ2n) is 10.7. The summed E-state index contributed by atoms with van der Waals surface area (Å²) in [5.74, 6) is 2.75. The fraction of sp³-hybridized carbons (Fsp3) is 0.552. The zero-order chi connectivity index (χ0) is 25.6. The molecule has 0 bridgehead atoms. The lowest BCUT2D eigenvalue weighted by Gasteiger charge is -2.25. The summed E-state index contributed by atoms with van der Waals surface area (Å²) in [6, 6.07) is 8.58. The van der Waals surface area contributed by atoms with Gasteiger partial charge in [0.05, 0.1) is 0 Å². The molecule has 0 atom stereocenters. The van der Waals surface area contributed by atoms with E-state index >= 15 is 0 Å². The van der Waals surface area contributed by atoms with Gasteiger partial charge in [-0.15, -0.1) is 0 Å². The van der Waals surface area contributed by atoms with E-state index in [0.717, 1.165) is 86.6 Å². The normalized spacial score (nSPS) is 19.4. The van der Waals surface area contributed by atoms with Crippen LogP contribution in [0.5, 0.6) is 0 Å². The zero-order valence-electron chi connectivity index (χ0n) is 21.9. The molecule has 3 fully saturated rings. The first-order valence-corrected chi connectivity index (χ1v) is 13.9.